The zero-order chi connectivity index (χ0) is 10.8. The fraction of sp³-hybridized carbons (Fsp3) is 1.00. The molecule has 2 saturated heterocycles. The molecule has 2 heterocycles. The summed E-state index contributed by atoms with van der Waals surface area (Å²) in [5.74, 6) is 0. The molecule has 0 saturated carbocycles. The summed E-state index contributed by atoms with van der Waals surface area (Å²) in [6.07, 6.45) is 2.43. The predicted octanol–water partition coefficient (Wildman–Crippen LogP) is -0.655. The van der Waals surface area contributed by atoms with E-state index in [1.54, 1.807) is 0 Å². The first-order valence-electron chi connectivity index (χ1n) is 5.97. The predicted molar refractivity (Wildman–Crippen MR) is 60.9 cm³/mol. The molecule has 2 rings (SSSR count). The van der Waals surface area contributed by atoms with E-state index < -0.39 is 0 Å². The SMILES string of the molecule is CN1CCCC1CN(C)C1CNCC1O. The number of hydrogen-bond donors (Lipinski definition) is 2. The Morgan fingerprint density at radius 3 is 2.80 bits per heavy atom. The molecule has 0 radical (unpaired) electrons. The lowest BCUT2D eigenvalue weighted by atomic mass is 10.1. The zero-order valence-corrected chi connectivity index (χ0v) is 9.82. The Hall–Kier alpha value is -0.160. The summed E-state index contributed by atoms with van der Waals surface area (Å²) >= 11 is 0. The third-order valence-corrected chi connectivity index (χ3v) is 3.89. The average Bonchev–Trinajstić information content (AvgIpc) is 2.76. The first-order valence-corrected chi connectivity index (χ1v) is 5.97. The Labute approximate surface area is 92.2 Å². The van der Waals surface area contributed by atoms with Crippen molar-refractivity contribution in [2.24, 2.45) is 0 Å². The van der Waals surface area contributed by atoms with Crippen molar-refractivity contribution in [2.45, 2.75) is 31.0 Å². The third-order valence-electron chi connectivity index (χ3n) is 3.89. The van der Waals surface area contributed by atoms with Gasteiger partial charge in [-0.2, -0.15) is 0 Å². The van der Waals surface area contributed by atoms with Gasteiger partial charge in [0, 0.05) is 31.7 Å². The topological polar surface area (TPSA) is 38.7 Å². The van der Waals surface area contributed by atoms with Crippen molar-refractivity contribution >= 4 is 0 Å². The average molecular weight is 213 g/mol. The van der Waals surface area contributed by atoms with Gasteiger partial charge in [-0.05, 0) is 33.5 Å². The summed E-state index contributed by atoms with van der Waals surface area (Å²) in [6, 6.07) is 0.988. The number of aliphatic hydroxyl groups is 1. The van der Waals surface area contributed by atoms with Crippen LogP contribution in [0.15, 0.2) is 0 Å². The number of likely N-dealkylation sites (tertiary alicyclic amines) is 1. The lowest BCUT2D eigenvalue weighted by molar-refractivity contribution is 0.0849. The van der Waals surface area contributed by atoms with Crippen LogP contribution in [-0.2, 0) is 0 Å². The van der Waals surface area contributed by atoms with Gasteiger partial charge in [0.05, 0.1) is 6.10 Å². The van der Waals surface area contributed by atoms with Gasteiger partial charge >= 0.3 is 0 Å². The summed E-state index contributed by atoms with van der Waals surface area (Å²) in [5, 5.41) is 13.0. The summed E-state index contributed by atoms with van der Waals surface area (Å²) in [5.41, 5.74) is 0. The molecule has 3 unspecified atom stereocenters. The van der Waals surface area contributed by atoms with E-state index in [-0.39, 0.29) is 6.10 Å². The van der Waals surface area contributed by atoms with Crippen LogP contribution in [0.3, 0.4) is 0 Å². The quantitative estimate of drug-likeness (QED) is 0.653. The summed E-state index contributed by atoms with van der Waals surface area (Å²) in [7, 11) is 4.34. The molecular formula is C11H23N3O. The van der Waals surface area contributed by atoms with Crippen molar-refractivity contribution < 1.29 is 5.11 Å². The number of nitrogens with zero attached hydrogens (tertiary/aromatic N) is 2. The van der Waals surface area contributed by atoms with Gasteiger partial charge in [-0.15, -0.1) is 0 Å². The van der Waals surface area contributed by atoms with E-state index in [9.17, 15) is 5.11 Å². The van der Waals surface area contributed by atoms with E-state index in [4.69, 9.17) is 0 Å². The van der Waals surface area contributed by atoms with Crippen LogP contribution in [-0.4, -0.2) is 73.4 Å². The normalized spacial score (nSPS) is 38.0. The van der Waals surface area contributed by atoms with Crippen LogP contribution in [0, 0.1) is 0 Å². The van der Waals surface area contributed by atoms with Gasteiger partial charge in [0.2, 0.25) is 0 Å². The van der Waals surface area contributed by atoms with Gasteiger partial charge in [-0.3, -0.25) is 4.90 Å². The first-order chi connectivity index (χ1) is 7.18. The molecule has 0 aromatic carbocycles. The lowest BCUT2D eigenvalue weighted by Gasteiger charge is -2.31. The maximum absolute atomic E-state index is 9.78. The summed E-state index contributed by atoms with van der Waals surface area (Å²) in [6.45, 7) is 3.98. The second-order valence-corrected chi connectivity index (χ2v) is 5.01. The van der Waals surface area contributed by atoms with Crippen LogP contribution in [0.5, 0.6) is 0 Å². The van der Waals surface area contributed by atoms with E-state index in [2.05, 4.69) is 29.2 Å². The number of nitrogens with one attached hydrogen (secondary N) is 1. The highest BCUT2D eigenvalue weighted by atomic mass is 16.3. The second kappa shape index (κ2) is 4.78. The number of likely N-dealkylation sites (N-methyl/N-ethyl adjacent to an activating group) is 2. The van der Waals surface area contributed by atoms with E-state index in [0.717, 1.165) is 19.6 Å². The van der Waals surface area contributed by atoms with Crippen molar-refractivity contribution in [3.63, 3.8) is 0 Å². The molecule has 3 atom stereocenters. The monoisotopic (exact) mass is 213 g/mol. The molecule has 4 heteroatoms. The van der Waals surface area contributed by atoms with E-state index in [0.29, 0.717) is 12.1 Å². The Bertz CT molecular complexity index is 212. The van der Waals surface area contributed by atoms with Crippen LogP contribution in [0.1, 0.15) is 12.8 Å². The Balaban J connectivity index is 1.83. The third kappa shape index (κ3) is 2.50. The van der Waals surface area contributed by atoms with Crippen LogP contribution in [0.25, 0.3) is 0 Å². The van der Waals surface area contributed by atoms with E-state index in [1.165, 1.54) is 19.4 Å². The van der Waals surface area contributed by atoms with Gasteiger partial charge < -0.3 is 15.3 Å². The Kier molecular flexibility index (Phi) is 3.61. The maximum Gasteiger partial charge on any atom is 0.0831 e. The standard InChI is InChI=1S/C11H23N3O/c1-13-5-3-4-9(13)8-14(2)10-6-12-7-11(10)15/h9-12,15H,3-8H2,1-2H3. The fourth-order valence-electron chi connectivity index (χ4n) is 2.78. The molecule has 0 aromatic rings. The van der Waals surface area contributed by atoms with Crippen molar-refractivity contribution in [2.75, 3.05) is 40.3 Å². The molecule has 88 valence electrons. The molecule has 15 heavy (non-hydrogen) atoms. The van der Waals surface area contributed by atoms with Crippen LogP contribution >= 0.6 is 0 Å². The highest BCUT2D eigenvalue weighted by molar-refractivity contribution is 4.89. The zero-order valence-electron chi connectivity index (χ0n) is 9.82. The molecule has 2 N–H and O–H groups in total. The van der Waals surface area contributed by atoms with Gasteiger partial charge in [-0.25, -0.2) is 0 Å². The molecule has 0 spiro atoms. The Morgan fingerprint density at radius 1 is 1.47 bits per heavy atom. The highest BCUT2D eigenvalue weighted by Gasteiger charge is 2.31. The molecule has 2 fully saturated rings. The summed E-state index contributed by atoms with van der Waals surface area (Å²) < 4.78 is 0. The number of aliphatic hydroxyl groups excluding tert-OH is 1. The largest absolute Gasteiger partial charge is 0.390 e. The number of hydrogen-bond acceptors (Lipinski definition) is 4. The van der Waals surface area contributed by atoms with Gasteiger partial charge in [0.25, 0.3) is 0 Å². The van der Waals surface area contributed by atoms with E-state index >= 15 is 0 Å². The van der Waals surface area contributed by atoms with Crippen LogP contribution in [0.4, 0.5) is 0 Å². The minimum Gasteiger partial charge on any atom is -0.390 e. The molecule has 0 bridgehead atoms. The molecule has 0 amide bonds. The Morgan fingerprint density at radius 2 is 2.27 bits per heavy atom. The van der Waals surface area contributed by atoms with Crippen LogP contribution < -0.4 is 5.32 Å². The first kappa shape index (κ1) is 11.3. The van der Waals surface area contributed by atoms with Crippen molar-refractivity contribution in [3.8, 4) is 0 Å². The van der Waals surface area contributed by atoms with Crippen LogP contribution in [0.2, 0.25) is 0 Å². The summed E-state index contributed by atoms with van der Waals surface area (Å²) in [4.78, 5) is 4.75. The second-order valence-electron chi connectivity index (χ2n) is 5.01. The van der Waals surface area contributed by atoms with Gasteiger partial charge in [0.15, 0.2) is 0 Å². The van der Waals surface area contributed by atoms with Gasteiger partial charge in [0.1, 0.15) is 0 Å². The molecule has 0 aliphatic carbocycles. The molecule has 0 aromatic heterocycles. The lowest BCUT2D eigenvalue weighted by Crippen LogP contribution is -2.46. The molecule has 2 aliphatic heterocycles. The molecular weight excluding hydrogens is 190 g/mol. The number of rotatable bonds is 3. The number of β-amino-alcohol motifs (C(OH)–C–C–N with tert-alkyl or cyclic N) is 1. The van der Waals surface area contributed by atoms with Crippen molar-refractivity contribution in [3.05, 3.63) is 0 Å². The molecule has 4 nitrogen and oxygen atoms in total. The fourth-order valence-corrected chi connectivity index (χ4v) is 2.78. The molecule has 2 aliphatic rings. The van der Waals surface area contributed by atoms with Crippen molar-refractivity contribution in [1.29, 1.82) is 0 Å². The maximum atomic E-state index is 9.78. The van der Waals surface area contributed by atoms with E-state index in [1.807, 2.05) is 0 Å². The highest BCUT2D eigenvalue weighted by Crippen LogP contribution is 2.17. The van der Waals surface area contributed by atoms with Gasteiger partial charge in [-0.1, -0.05) is 0 Å². The van der Waals surface area contributed by atoms with Crippen molar-refractivity contribution in [1.82, 2.24) is 15.1 Å². The smallest absolute Gasteiger partial charge is 0.0831 e. The minimum absolute atomic E-state index is 0.193. The minimum atomic E-state index is -0.193.